The zero-order valence-electron chi connectivity index (χ0n) is 12.2. The van der Waals surface area contributed by atoms with Crippen LogP contribution in [0, 0.1) is 13.8 Å². The summed E-state index contributed by atoms with van der Waals surface area (Å²) in [4.78, 5) is 11.1. The molecule has 0 saturated heterocycles. The molecule has 0 radical (unpaired) electrons. The Hall–Kier alpha value is -2.63. The molecule has 21 heavy (non-hydrogen) atoms. The van der Waals surface area contributed by atoms with Crippen molar-refractivity contribution in [1.29, 1.82) is 0 Å². The number of aromatic nitrogens is 4. The molecule has 0 fully saturated rings. The van der Waals surface area contributed by atoms with Crippen molar-refractivity contribution in [2.45, 2.75) is 20.4 Å². The van der Waals surface area contributed by atoms with E-state index in [1.165, 1.54) is 0 Å². The van der Waals surface area contributed by atoms with E-state index in [1.807, 2.05) is 31.5 Å². The number of hydrogen-bond acceptors (Lipinski definition) is 3. The van der Waals surface area contributed by atoms with Gasteiger partial charge in [0.25, 0.3) is 0 Å². The summed E-state index contributed by atoms with van der Waals surface area (Å²) in [6.45, 7) is 4.65. The lowest BCUT2D eigenvalue weighted by molar-refractivity contribution is 0.0697. The zero-order chi connectivity index (χ0) is 15.1. The fraction of sp³-hybridized carbons (Fsp3) is 0.267. The van der Waals surface area contributed by atoms with Crippen molar-refractivity contribution in [2.75, 3.05) is 0 Å². The summed E-state index contributed by atoms with van der Waals surface area (Å²) in [5.41, 5.74) is 3.52. The first-order valence-electron chi connectivity index (χ1n) is 6.64. The Bertz CT molecular complexity index is 845. The van der Waals surface area contributed by atoms with Gasteiger partial charge in [0, 0.05) is 23.6 Å². The van der Waals surface area contributed by atoms with Crippen molar-refractivity contribution < 1.29 is 9.90 Å². The second-order valence-electron chi connectivity index (χ2n) is 5.19. The van der Waals surface area contributed by atoms with Gasteiger partial charge in [0.15, 0.2) is 5.82 Å². The monoisotopic (exact) mass is 284 g/mol. The minimum absolute atomic E-state index is 0.307. The maximum atomic E-state index is 11.1. The lowest BCUT2D eigenvalue weighted by Gasteiger charge is -2.08. The van der Waals surface area contributed by atoms with E-state index in [0.717, 1.165) is 28.0 Å². The van der Waals surface area contributed by atoms with Crippen LogP contribution in [0.5, 0.6) is 0 Å². The first-order valence-corrected chi connectivity index (χ1v) is 6.64. The van der Waals surface area contributed by atoms with Crippen LogP contribution in [-0.4, -0.2) is 30.4 Å². The number of nitrogens with zero attached hydrogens (tertiary/aromatic N) is 4. The maximum absolute atomic E-state index is 11.1. The van der Waals surface area contributed by atoms with Gasteiger partial charge in [0.2, 0.25) is 0 Å². The van der Waals surface area contributed by atoms with Gasteiger partial charge in [-0.2, -0.15) is 0 Å². The Morgan fingerprint density at radius 1 is 1.33 bits per heavy atom. The first kappa shape index (κ1) is 13.4. The molecule has 0 amide bonds. The average molecular weight is 284 g/mol. The summed E-state index contributed by atoms with van der Waals surface area (Å²) in [6.07, 6.45) is 1.67. The van der Waals surface area contributed by atoms with Gasteiger partial charge in [-0.1, -0.05) is 0 Å². The number of benzene rings is 1. The normalized spacial score (nSPS) is 11.2. The van der Waals surface area contributed by atoms with E-state index >= 15 is 0 Å². The van der Waals surface area contributed by atoms with Gasteiger partial charge in [0.05, 0.1) is 12.1 Å². The molecule has 1 N–H and O–H groups in total. The topological polar surface area (TPSA) is 72.9 Å². The number of rotatable bonds is 3. The fourth-order valence-electron chi connectivity index (χ4n) is 2.58. The molecule has 2 aromatic heterocycles. The van der Waals surface area contributed by atoms with Crippen LogP contribution in [0.3, 0.4) is 0 Å². The van der Waals surface area contributed by atoms with Crippen molar-refractivity contribution in [2.24, 2.45) is 7.05 Å². The maximum Gasteiger partial charge on any atom is 0.335 e. The van der Waals surface area contributed by atoms with Crippen LogP contribution in [0.15, 0.2) is 24.5 Å². The molecule has 0 aliphatic rings. The molecule has 2 heterocycles. The van der Waals surface area contributed by atoms with Crippen LogP contribution in [0.25, 0.3) is 10.9 Å². The summed E-state index contributed by atoms with van der Waals surface area (Å²) < 4.78 is 4.02. The molecule has 0 saturated carbocycles. The third-order valence-corrected chi connectivity index (χ3v) is 3.99. The molecule has 0 aliphatic heterocycles. The number of aryl methyl sites for hydroxylation is 2. The molecule has 0 bridgehead atoms. The van der Waals surface area contributed by atoms with Crippen LogP contribution in [0.1, 0.15) is 27.4 Å². The van der Waals surface area contributed by atoms with Crippen LogP contribution >= 0.6 is 0 Å². The van der Waals surface area contributed by atoms with E-state index in [2.05, 4.69) is 14.8 Å². The van der Waals surface area contributed by atoms with Gasteiger partial charge in [0.1, 0.15) is 6.33 Å². The summed E-state index contributed by atoms with van der Waals surface area (Å²) in [5.74, 6) is -0.0488. The Labute approximate surface area is 121 Å². The molecule has 3 aromatic rings. The van der Waals surface area contributed by atoms with E-state index in [9.17, 15) is 4.79 Å². The highest BCUT2D eigenvalue weighted by Crippen LogP contribution is 2.27. The molecule has 0 spiro atoms. The summed E-state index contributed by atoms with van der Waals surface area (Å²) in [5, 5.41) is 18.1. The standard InChI is InChI=1S/C15H16N4O2/c1-9-10(2)19(7-14-17-16-8-18(14)3)13-5-4-11(15(20)21)6-12(9)13/h4-6,8H,7H2,1-3H3,(H,20,21). The molecule has 108 valence electrons. The van der Waals surface area contributed by atoms with E-state index in [0.29, 0.717) is 12.1 Å². The Morgan fingerprint density at radius 2 is 2.10 bits per heavy atom. The van der Waals surface area contributed by atoms with Crippen LogP contribution < -0.4 is 0 Å². The van der Waals surface area contributed by atoms with Crippen LogP contribution in [0.2, 0.25) is 0 Å². The molecule has 6 nitrogen and oxygen atoms in total. The van der Waals surface area contributed by atoms with E-state index < -0.39 is 5.97 Å². The second-order valence-corrected chi connectivity index (χ2v) is 5.19. The fourth-order valence-corrected chi connectivity index (χ4v) is 2.58. The highest BCUT2D eigenvalue weighted by molar-refractivity contribution is 5.95. The average Bonchev–Trinajstić information content (AvgIpc) is 2.96. The Kier molecular flexibility index (Phi) is 3.01. The lowest BCUT2D eigenvalue weighted by Crippen LogP contribution is -2.07. The molecule has 1 aromatic carbocycles. The minimum Gasteiger partial charge on any atom is -0.478 e. The van der Waals surface area contributed by atoms with Crippen LogP contribution in [0.4, 0.5) is 0 Å². The number of fused-ring (bicyclic) bond motifs is 1. The van der Waals surface area contributed by atoms with Crippen molar-refractivity contribution in [3.05, 3.63) is 47.2 Å². The van der Waals surface area contributed by atoms with E-state index in [-0.39, 0.29) is 0 Å². The number of carboxylic acid groups (broad SMARTS) is 1. The predicted molar refractivity (Wildman–Crippen MR) is 78.5 cm³/mol. The molecule has 0 aliphatic carbocycles. The van der Waals surface area contributed by atoms with Crippen molar-refractivity contribution in [1.82, 2.24) is 19.3 Å². The predicted octanol–water partition coefficient (Wildman–Crippen LogP) is 2.13. The SMILES string of the molecule is Cc1c(C)n(Cc2nncn2C)c2ccc(C(=O)O)cc12. The highest BCUT2D eigenvalue weighted by atomic mass is 16.4. The van der Waals surface area contributed by atoms with Crippen molar-refractivity contribution in [3.8, 4) is 0 Å². The van der Waals surface area contributed by atoms with Gasteiger partial charge in [-0.15, -0.1) is 10.2 Å². The van der Waals surface area contributed by atoms with Crippen molar-refractivity contribution >= 4 is 16.9 Å². The minimum atomic E-state index is -0.907. The Balaban J connectivity index is 2.17. The molecule has 0 unspecified atom stereocenters. The second kappa shape index (κ2) is 4.73. The smallest absolute Gasteiger partial charge is 0.335 e. The first-order chi connectivity index (χ1) is 9.99. The number of hydrogen-bond donors (Lipinski definition) is 1. The largest absolute Gasteiger partial charge is 0.478 e. The van der Waals surface area contributed by atoms with Gasteiger partial charge < -0.3 is 14.2 Å². The summed E-state index contributed by atoms with van der Waals surface area (Å²) >= 11 is 0. The molecule has 3 rings (SSSR count). The third kappa shape index (κ3) is 2.08. The molecule has 0 atom stereocenters. The van der Waals surface area contributed by atoms with Crippen molar-refractivity contribution in [3.63, 3.8) is 0 Å². The summed E-state index contributed by atoms with van der Waals surface area (Å²) in [6, 6.07) is 5.22. The van der Waals surface area contributed by atoms with Gasteiger partial charge in [-0.05, 0) is 37.6 Å². The van der Waals surface area contributed by atoms with Gasteiger partial charge in [-0.25, -0.2) is 4.79 Å². The zero-order valence-corrected chi connectivity index (χ0v) is 12.2. The number of carbonyl (C=O) groups is 1. The highest BCUT2D eigenvalue weighted by Gasteiger charge is 2.15. The van der Waals surface area contributed by atoms with E-state index in [1.54, 1.807) is 18.5 Å². The third-order valence-electron chi connectivity index (χ3n) is 3.99. The number of aromatic carboxylic acids is 1. The van der Waals surface area contributed by atoms with Crippen LogP contribution in [-0.2, 0) is 13.6 Å². The molecular formula is C15H16N4O2. The Morgan fingerprint density at radius 3 is 2.71 bits per heavy atom. The number of carboxylic acids is 1. The van der Waals surface area contributed by atoms with Gasteiger partial charge in [-0.3, -0.25) is 0 Å². The van der Waals surface area contributed by atoms with E-state index in [4.69, 9.17) is 5.11 Å². The molecular weight excluding hydrogens is 268 g/mol. The lowest BCUT2D eigenvalue weighted by atomic mass is 10.1. The summed E-state index contributed by atoms with van der Waals surface area (Å²) in [7, 11) is 1.91. The quantitative estimate of drug-likeness (QED) is 0.799. The molecule has 6 heteroatoms. The van der Waals surface area contributed by atoms with Gasteiger partial charge >= 0.3 is 5.97 Å².